The Bertz CT molecular complexity index is 458. The summed E-state index contributed by atoms with van der Waals surface area (Å²) >= 11 is 4.83. The predicted molar refractivity (Wildman–Crippen MR) is 66.2 cm³/mol. The summed E-state index contributed by atoms with van der Waals surface area (Å²) in [6, 6.07) is 7.60. The lowest BCUT2D eigenvalue weighted by atomic mass is 10.3. The lowest BCUT2D eigenvalue weighted by Gasteiger charge is -2.01. The molecule has 2 aromatic rings. The van der Waals surface area contributed by atoms with Gasteiger partial charge in [0.2, 0.25) is 0 Å². The first-order valence-corrected chi connectivity index (χ1v) is 6.24. The van der Waals surface area contributed by atoms with E-state index >= 15 is 0 Å². The molecule has 0 aliphatic heterocycles. The van der Waals surface area contributed by atoms with Gasteiger partial charge in [0.1, 0.15) is 10.1 Å². The van der Waals surface area contributed by atoms with Crippen LogP contribution in [0.5, 0.6) is 0 Å². The van der Waals surface area contributed by atoms with Crippen molar-refractivity contribution in [3.05, 3.63) is 46.7 Å². The molecule has 1 N–H and O–H groups in total. The van der Waals surface area contributed by atoms with E-state index in [2.05, 4.69) is 25.9 Å². The van der Waals surface area contributed by atoms with Crippen molar-refractivity contribution in [2.75, 3.05) is 0 Å². The molecule has 0 saturated carbocycles. The van der Waals surface area contributed by atoms with Gasteiger partial charge in [0, 0.05) is 16.9 Å². The van der Waals surface area contributed by atoms with E-state index in [1.165, 1.54) is 11.8 Å². The van der Waals surface area contributed by atoms with Crippen molar-refractivity contribution < 1.29 is 5.11 Å². The quantitative estimate of drug-likeness (QED) is 0.946. The van der Waals surface area contributed by atoms with Gasteiger partial charge in [-0.25, -0.2) is 9.97 Å². The summed E-state index contributed by atoms with van der Waals surface area (Å²) in [5.74, 6) is 0. The number of rotatable bonds is 3. The molecule has 16 heavy (non-hydrogen) atoms. The van der Waals surface area contributed by atoms with E-state index < -0.39 is 0 Å². The fraction of sp³-hybridized carbons (Fsp3) is 0.0909. The highest BCUT2D eigenvalue weighted by molar-refractivity contribution is 9.10. The van der Waals surface area contributed by atoms with Crippen LogP contribution < -0.4 is 0 Å². The molecular weight excluding hydrogens is 288 g/mol. The van der Waals surface area contributed by atoms with Crippen LogP contribution in [0.2, 0.25) is 0 Å². The Morgan fingerprint density at radius 3 is 2.25 bits per heavy atom. The molecule has 0 unspecified atom stereocenters. The summed E-state index contributed by atoms with van der Waals surface area (Å²) in [5, 5.41) is 10.6. The standard InChI is InChI=1S/C11H9BrN2OS/c12-9-2-4-11(14-6-9)16-10-3-1-8(7-15)5-13-10/h1-6,15H,7H2. The fourth-order valence-electron chi connectivity index (χ4n) is 1.09. The molecule has 0 amide bonds. The monoisotopic (exact) mass is 296 g/mol. The third-order valence-corrected chi connectivity index (χ3v) is 3.26. The minimum atomic E-state index is 0.0223. The number of hydrogen-bond acceptors (Lipinski definition) is 4. The molecule has 0 saturated heterocycles. The molecule has 0 radical (unpaired) electrons. The van der Waals surface area contributed by atoms with Gasteiger partial charge >= 0.3 is 0 Å². The smallest absolute Gasteiger partial charge is 0.102 e. The Morgan fingerprint density at radius 1 is 1.06 bits per heavy atom. The molecule has 2 aromatic heterocycles. The summed E-state index contributed by atoms with van der Waals surface area (Å²) < 4.78 is 0.959. The molecule has 0 aromatic carbocycles. The minimum Gasteiger partial charge on any atom is -0.392 e. The third-order valence-electron chi connectivity index (χ3n) is 1.89. The third kappa shape index (κ3) is 3.04. The number of aliphatic hydroxyl groups is 1. The highest BCUT2D eigenvalue weighted by Crippen LogP contribution is 2.24. The lowest BCUT2D eigenvalue weighted by Crippen LogP contribution is -1.86. The average Bonchev–Trinajstić information content (AvgIpc) is 2.33. The summed E-state index contributed by atoms with van der Waals surface area (Å²) in [7, 11) is 0. The highest BCUT2D eigenvalue weighted by Gasteiger charge is 2.00. The van der Waals surface area contributed by atoms with E-state index in [9.17, 15) is 0 Å². The minimum absolute atomic E-state index is 0.0223. The van der Waals surface area contributed by atoms with Gasteiger partial charge in [0.05, 0.1) is 6.61 Å². The Balaban J connectivity index is 2.11. The van der Waals surface area contributed by atoms with Gasteiger partial charge in [-0.15, -0.1) is 0 Å². The summed E-state index contributed by atoms with van der Waals surface area (Å²) in [4.78, 5) is 8.46. The second-order valence-electron chi connectivity index (χ2n) is 3.08. The molecule has 0 fully saturated rings. The number of aromatic nitrogens is 2. The van der Waals surface area contributed by atoms with Crippen LogP contribution in [0.4, 0.5) is 0 Å². The SMILES string of the molecule is OCc1ccc(Sc2ccc(Br)cn2)nc1. The Morgan fingerprint density at radius 2 is 1.75 bits per heavy atom. The number of pyridine rings is 2. The van der Waals surface area contributed by atoms with Crippen molar-refractivity contribution in [1.82, 2.24) is 9.97 Å². The van der Waals surface area contributed by atoms with Crippen molar-refractivity contribution in [3.63, 3.8) is 0 Å². The molecule has 0 spiro atoms. The van der Waals surface area contributed by atoms with Crippen LogP contribution in [0.3, 0.4) is 0 Å². The molecule has 0 aliphatic rings. The molecule has 0 aliphatic carbocycles. The van der Waals surface area contributed by atoms with Gasteiger partial charge in [-0.3, -0.25) is 0 Å². The molecule has 2 heterocycles. The number of hydrogen-bond donors (Lipinski definition) is 1. The topological polar surface area (TPSA) is 46.0 Å². The molecular formula is C11H9BrN2OS. The summed E-state index contributed by atoms with van der Waals surface area (Å²) in [5.41, 5.74) is 0.813. The van der Waals surface area contributed by atoms with Crippen molar-refractivity contribution in [2.45, 2.75) is 16.7 Å². The number of aliphatic hydroxyl groups excluding tert-OH is 1. The number of nitrogens with zero attached hydrogens (tertiary/aromatic N) is 2. The lowest BCUT2D eigenvalue weighted by molar-refractivity contribution is 0.281. The first kappa shape index (κ1) is 11.6. The first-order valence-electron chi connectivity index (χ1n) is 4.63. The van der Waals surface area contributed by atoms with Crippen LogP contribution in [0.1, 0.15) is 5.56 Å². The molecule has 0 atom stereocenters. The van der Waals surface area contributed by atoms with E-state index in [0.29, 0.717) is 0 Å². The average molecular weight is 297 g/mol. The van der Waals surface area contributed by atoms with Gasteiger partial charge in [0.25, 0.3) is 0 Å². The van der Waals surface area contributed by atoms with E-state index in [0.717, 1.165) is 20.1 Å². The number of halogens is 1. The molecule has 5 heteroatoms. The van der Waals surface area contributed by atoms with E-state index in [-0.39, 0.29) is 6.61 Å². The van der Waals surface area contributed by atoms with Crippen LogP contribution in [0.15, 0.2) is 51.2 Å². The molecule has 82 valence electrons. The van der Waals surface area contributed by atoms with Crippen LogP contribution >= 0.6 is 27.7 Å². The largest absolute Gasteiger partial charge is 0.392 e. The van der Waals surface area contributed by atoms with Gasteiger partial charge in [-0.1, -0.05) is 17.8 Å². The zero-order valence-electron chi connectivity index (χ0n) is 8.30. The Hall–Kier alpha value is -0.910. The first-order chi connectivity index (χ1) is 7.78. The molecule has 2 rings (SSSR count). The van der Waals surface area contributed by atoms with E-state index in [1.807, 2.05) is 24.3 Å². The van der Waals surface area contributed by atoms with Crippen LogP contribution in [0.25, 0.3) is 0 Å². The predicted octanol–water partition coefficient (Wildman–Crippen LogP) is 2.88. The Labute approximate surface area is 106 Å². The molecule has 0 bridgehead atoms. The second kappa shape index (κ2) is 5.43. The van der Waals surface area contributed by atoms with E-state index in [1.54, 1.807) is 12.4 Å². The van der Waals surface area contributed by atoms with Crippen LogP contribution in [0, 0.1) is 0 Å². The van der Waals surface area contributed by atoms with Gasteiger partial charge < -0.3 is 5.11 Å². The van der Waals surface area contributed by atoms with Crippen molar-refractivity contribution >= 4 is 27.7 Å². The molecule has 3 nitrogen and oxygen atoms in total. The van der Waals surface area contributed by atoms with Gasteiger partial charge in [-0.05, 0) is 39.7 Å². The zero-order valence-corrected chi connectivity index (χ0v) is 10.7. The van der Waals surface area contributed by atoms with Crippen molar-refractivity contribution in [1.29, 1.82) is 0 Å². The summed E-state index contributed by atoms with van der Waals surface area (Å²) in [6.07, 6.45) is 3.42. The maximum Gasteiger partial charge on any atom is 0.102 e. The Kier molecular flexibility index (Phi) is 3.93. The summed E-state index contributed by atoms with van der Waals surface area (Å²) in [6.45, 7) is 0.0223. The highest BCUT2D eigenvalue weighted by atomic mass is 79.9. The van der Waals surface area contributed by atoms with Crippen LogP contribution in [-0.4, -0.2) is 15.1 Å². The maximum atomic E-state index is 8.88. The van der Waals surface area contributed by atoms with Gasteiger partial charge in [0.15, 0.2) is 0 Å². The fourth-order valence-corrected chi connectivity index (χ4v) is 2.03. The van der Waals surface area contributed by atoms with Gasteiger partial charge in [-0.2, -0.15) is 0 Å². The zero-order chi connectivity index (χ0) is 11.4. The van der Waals surface area contributed by atoms with Crippen molar-refractivity contribution in [3.8, 4) is 0 Å². The second-order valence-corrected chi connectivity index (χ2v) is 5.04. The normalized spacial score (nSPS) is 10.4. The van der Waals surface area contributed by atoms with Crippen LogP contribution in [-0.2, 0) is 6.61 Å². The van der Waals surface area contributed by atoms with E-state index in [4.69, 9.17) is 5.11 Å². The maximum absolute atomic E-state index is 8.88. The van der Waals surface area contributed by atoms with Crippen molar-refractivity contribution in [2.24, 2.45) is 0 Å².